The van der Waals surface area contributed by atoms with Gasteiger partial charge in [-0.25, -0.2) is 14.4 Å². The van der Waals surface area contributed by atoms with Crippen LogP contribution in [0, 0.1) is 5.82 Å². The van der Waals surface area contributed by atoms with Crippen LogP contribution in [0.3, 0.4) is 0 Å². The molecule has 0 aliphatic carbocycles. The summed E-state index contributed by atoms with van der Waals surface area (Å²) in [5.41, 5.74) is 1.23. The van der Waals surface area contributed by atoms with Crippen molar-refractivity contribution in [2.45, 2.75) is 31.8 Å². The number of ether oxygens (including phenoxy) is 1. The van der Waals surface area contributed by atoms with Gasteiger partial charge in [0, 0.05) is 38.4 Å². The van der Waals surface area contributed by atoms with Crippen LogP contribution in [0.15, 0.2) is 30.5 Å². The first kappa shape index (κ1) is 19.2. The number of carbonyl (C=O) groups is 1. The van der Waals surface area contributed by atoms with Gasteiger partial charge in [0.05, 0.1) is 12.3 Å². The van der Waals surface area contributed by atoms with E-state index < -0.39 is 5.82 Å². The van der Waals surface area contributed by atoms with Gasteiger partial charge in [-0.15, -0.1) is 0 Å². The molecule has 0 bridgehead atoms. The molecule has 7 heteroatoms. The first-order chi connectivity index (χ1) is 13.1. The van der Waals surface area contributed by atoms with Crippen LogP contribution < -0.4 is 5.32 Å². The number of hydrogen-bond acceptors (Lipinski definition) is 5. The molecule has 1 aliphatic heterocycles. The number of amides is 1. The largest absolute Gasteiger partial charge is 0.378 e. The van der Waals surface area contributed by atoms with Crippen molar-refractivity contribution in [3.63, 3.8) is 0 Å². The standard InChI is InChI=1S/C20H25FN4O2/c1-22-19-17(21)13-23-18(24-19)14-6-3-7-15(12-14)20(26)25(2)10-4-8-16-9-5-11-27-16/h3,6-7,12-13,16H,4-5,8-11H2,1-2H3,(H,22,23,24)/t16-/m1/s1. The van der Waals surface area contributed by atoms with Gasteiger partial charge in [0.1, 0.15) is 0 Å². The van der Waals surface area contributed by atoms with Crippen molar-refractivity contribution in [2.24, 2.45) is 0 Å². The van der Waals surface area contributed by atoms with Gasteiger partial charge in [0.2, 0.25) is 0 Å². The predicted molar refractivity (Wildman–Crippen MR) is 102 cm³/mol. The second kappa shape index (κ2) is 8.90. The number of aromatic nitrogens is 2. The summed E-state index contributed by atoms with van der Waals surface area (Å²) < 4.78 is 19.2. The zero-order chi connectivity index (χ0) is 19.2. The third-order valence-corrected chi connectivity index (χ3v) is 4.74. The molecule has 0 radical (unpaired) electrons. The Labute approximate surface area is 158 Å². The van der Waals surface area contributed by atoms with Crippen LogP contribution in [-0.2, 0) is 4.74 Å². The Morgan fingerprint density at radius 2 is 2.30 bits per heavy atom. The molecule has 0 spiro atoms. The summed E-state index contributed by atoms with van der Waals surface area (Å²) in [7, 11) is 3.40. The van der Waals surface area contributed by atoms with Gasteiger partial charge < -0.3 is 15.0 Å². The molecule has 1 fully saturated rings. The van der Waals surface area contributed by atoms with Crippen LogP contribution in [0.5, 0.6) is 0 Å². The topological polar surface area (TPSA) is 67.4 Å². The first-order valence-electron chi connectivity index (χ1n) is 9.26. The minimum Gasteiger partial charge on any atom is -0.378 e. The van der Waals surface area contributed by atoms with Gasteiger partial charge in [-0.3, -0.25) is 4.79 Å². The Balaban J connectivity index is 1.65. The lowest BCUT2D eigenvalue weighted by Gasteiger charge is -2.18. The summed E-state index contributed by atoms with van der Waals surface area (Å²) in [6.45, 7) is 1.53. The second-order valence-electron chi connectivity index (χ2n) is 6.72. The number of carbonyl (C=O) groups excluding carboxylic acids is 1. The molecule has 3 rings (SSSR count). The normalized spacial score (nSPS) is 16.3. The molecule has 1 aromatic heterocycles. The van der Waals surface area contributed by atoms with Crippen LogP contribution in [0.4, 0.5) is 10.2 Å². The highest BCUT2D eigenvalue weighted by Gasteiger charge is 2.17. The van der Waals surface area contributed by atoms with Crippen LogP contribution >= 0.6 is 0 Å². The molecule has 144 valence electrons. The maximum atomic E-state index is 13.6. The molecule has 0 unspecified atom stereocenters. The van der Waals surface area contributed by atoms with Crippen LogP contribution in [0.1, 0.15) is 36.0 Å². The predicted octanol–water partition coefficient (Wildman–Crippen LogP) is 3.36. The van der Waals surface area contributed by atoms with Gasteiger partial charge in [-0.05, 0) is 37.8 Å². The number of halogens is 1. The summed E-state index contributed by atoms with van der Waals surface area (Å²) in [6.07, 6.45) is 5.61. The molecule has 6 nitrogen and oxygen atoms in total. The average molecular weight is 372 g/mol. The van der Waals surface area contributed by atoms with E-state index in [0.29, 0.717) is 29.6 Å². The molecule has 1 N–H and O–H groups in total. The maximum absolute atomic E-state index is 13.6. The Morgan fingerprint density at radius 1 is 1.44 bits per heavy atom. The Bertz CT molecular complexity index is 793. The van der Waals surface area contributed by atoms with Crippen molar-refractivity contribution in [1.82, 2.24) is 14.9 Å². The number of hydrogen-bond donors (Lipinski definition) is 1. The molecular formula is C20H25FN4O2. The van der Waals surface area contributed by atoms with Crippen molar-refractivity contribution in [2.75, 3.05) is 32.6 Å². The second-order valence-corrected chi connectivity index (χ2v) is 6.72. The summed E-state index contributed by atoms with van der Waals surface area (Å²) in [5, 5.41) is 2.70. The van der Waals surface area contributed by atoms with Crippen LogP contribution in [-0.4, -0.2) is 54.1 Å². The molecule has 27 heavy (non-hydrogen) atoms. The van der Waals surface area contributed by atoms with Crippen molar-refractivity contribution >= 4 is 11.7 Å². The lowest BCUT2D eigenvalue weighted by molar-refractivity contribution is 0.0763. The summed E-state index contributed by atoms with van der Waals surface area (Å²) in [4.78, 5) is 22.6. The summed E-state index contributed by atoms with van der Waals surface area (Å²) in [6, 6.07) is 7.10. The molecule has 1 amide bonds. The van der Waals surface area contributed by atoms with Crippen molar-refractivity contribution < 1.29 is 13.9 Å². The van der Waals surface area contributed by atoms with Crippen molar-refractivity contribution in [3.05, 3.63) is 41.8 Å². The van der Waals surface area contributed by atoms with E-state index >= 15 is 0 Å². The van der Waals surface area contributed by atoms with E-state index in [1.807, 2.05) is 0 Å². The number of nitrogens with zero attached hydrogens (tertiary/aromatic N) is 3. The fourth-order valence-electron chi connectivity index (χ4n) is 3.22. The Morgan fingerprint density at radius 3 is 3.04 bits per heavy atom. The molecule has 2 aromatic rings. The number of nitrogens with one attached hydrogen (secondary N) is 1. The Kier molecular flexibility index (Phi) is 6.34. The molecule has 1 aliphatic rings. The molecule has 1 saturated heterocycles. The van der Waals surface area contributed by atoms with Gasteiger partial charge in [-0.1, -0.05) is 12.1 Å². The third kappa shape index (κ3) is 4.80. The zero-order valence-corrected chi connectivity index (χ0v) is 15.7. The van der Waals surface area contributed by atoms with Gasteiger partial charge in [-0.2, -0.15) is 0 Å². The van der Waals surface area contributed by atoms with Gasteiger partial charge in [0.25, 0.3) is 5.91 Å². The lowest BCUT2D eigenvalue weighted by Crippen LogP contribution is -2.28. The molecular weight excluding hydrogens is 347 g/mol. The van der Waals surface area contributed by atoms with E-state index in [-0.39, 0.29) is 11.7 Å². The fourth-order valence-corrected chi connectivity index (χ4v) is 3.22. The highest BCUT2D eigenvalue weighted by atomic mass is 19.1. The quantitative estimate of drug-likeness (QED) is 0.807. The van der Waals surface area contributed by atoms with E-state index in [9.17, 15) is 9.18 Å². The van der Waals surface area contributed by atoms with E-state index in [1.54, 1.807) is 43.3 Å². The van der Waals surface area contributed by atoms with E-state index in [4.69, 9.17) is 4.74 Å². The van der Waals surface area contributed by atoms with Gasteiger partial charge >= 0.3 is 0 Å². The highest BCUT2D eigenvalue weighted by molar-refractivity contribution is 5.95. The van der Waals surface area contributed by atoms with Crippen LogP contribution in [0.2, 0.25) is 0 Å². The number of rotatable bonds is 7. The number of benzene rings is 1. The van der Waals surface area contributed by atoms with Crippen LogP contribution in [0.25, 0.3) is 11.4 Å². The highest BCUT2D eigenvalue weighted by Crippen LogP contribution is 2.21. The average Bonchev–Trinajstić information content (AvgIpc) is 3.21. The Hall–Kier alpha value is -2.54. The molecule has 0 saturated carbocycles. The van der Waals surface area contributed by atoms with Crippen molar-refractivity contribution in [1.29, 1.82) is 0 Å². The minimum absolute atomic E-state index is 0.0554. The molecule has 1 aromatic carbocycles. The molecule has 1 atom stereocenters. The van der Waals surface area contributed by atoms with E-state index in [2.05, 4.69) is 15.3 Å². The summed E-state index contributed by atoms with van der Waals surface area (Å²) in [5.74, 6) is -0.0704. The van der Waals surface area contributed by atoms with E-state index in [1.165, 1.54) is 0 Å². The monoisotopic (exact) mass is 372 g/mol. The van der Waals surface area contributed by atoms with Crippen molar-refractivity contribution in [3.8, 4) is 11.4 Å². The SMILES string of the molecule is CNc1nc(-c2cccc(C(=O)N(C)CCC[C@@H]3CCCO3)c2)ncc1F. The first-order valence-corrected chi connectivity index (χ1v) is 9.26. The van der Waals surface area contributed by atoms with E-state index in [0.717, 1.165) is 38.5 Å². The summed E-state index contributed by atoms with van der Waals surface area (Å²) >= 11 is 0. The fraction of sp³-hybridized carbons (Fsp3) is 0.450. The molecule has 2 heterocycles. The smallest absolute Gasteiger partial charge is 0.253 e. The minimum atomic E-state index is -0.514. The third-order valence-electron chi connectivity index (χ3n) is 4.74. The lowest BCUT2D eigenvalue weighted by atomic mass is 10.1. The maximum Gasteiger partial charge on any atom is 0.253 e. The van der Waals surface area contributed by atoms with Gasteiger partial charge in [0.15, 0.2) is 17.5 Å². The zero-order valence-electron chi connectivity index (χ0n) is 15.7. The number of anilines is 1.